The van der Waals surface area contributed by atoms with Gasteiger partial charge in [0.2, 0.25) is 11.9 Å². The monoisotopic (exact) mass is 406 g/mol. The van der Waals surface area contributed by atoms with E-state index in [2.05, 4.69) is 5.32 Å². The lowest BCUT2D eigenvalue weighted by Gasteiger charge is -2.26. The molecule has 2 N–H and O–H groups in total. The van der Waals surface area contributed by atoms with Gasteiger partial charge in [-0.15, -0.1) is 0 Å². The van der Waals surface area contributed by atoms with E-state index in [-0.39, 0.29) is 16.8 Å². The highest BCUT2D eigenvalue weighted by atomic mass is 32.2. The molecule has 28 heavy (non-hydrogen) atoms. The Morgan fingerprint density at radius 1 is 1.18 bits per heavy atom. The number of carbonyl (C=O) groups excluding carboxylic acids is 1. The molecule has 0 radical (unpaired) electrons. The Bertz CT molecular complexity index is 801. The Hall–Kier alpha value is -2.09. The predicted molar refractivity (Wildman–Crippen MR) is 109 cm³/mol. The molecule has 2 aliphatic rings. The molecule has 8 heteroatoms. The molecule has 1 aliphatic carbocycles. The summed E-state index contributed by atoms with van der Waals surface area (Å²) in [4.78, 5) is 13.7. The molecule has 2 fully saturated rings. The van der Waals surface area contributed by atoms with Crippen LogP contribution in [-0.2, 0) is 21.2 Å². The van der Waals surface area contributed by atoms with Crippen LogP contribution >= 0.6 is 0 Å². The lowest BCUT2D eigenvalue weighted by molar-refractivity contribution is -0.121. The SMILES string of the molecule is CCCC(=O)NCCc1ccc(S(=O)(=O)N2CCN(C3CCCC3)C2=N)cc1. The fraction of sp³-hybridized carbons (Fsp3) is 0.600. The van der Waals surface area contributed by atoms with E-state index in [1.165, 1.54) is 4.31 Å². The number of guanidine groups is 1. The molecule has 0 bridgehead atoms. The number of nitrogens with zero attached hydrogens (tertiary/aromatic N) is 2. The van der Waals surface area contributed by atoms with Gasteiger partial charge in [0.1, 0.15) is 0 Å². The van der Waals surface area contributed by atoms with Crippen LogP contribution in [0.2, 0.25) is 0 Å². The molecule has 0 spiro atoms. The first kappa shape index (κ1) is 20.6. The van der Waals surface area contributed by atoms with Gasteiger partial charge in [0.15, 0.2) is 0 Å². The minimum absolute atomic E-state index is 0.0426. The third kappa shape index (κ3) is 4.48. The second-order valence-corrected chi connectivity index (χ2v) is 9.39. The molecule has 3 rings (SSSR count). The van der Waals surface area contributed by atoms with Crippen molar-refractivity contribution in [3.05, 3.63) is 29.8 Å². The van der Waals surface area contributed by atoms with Gasteiger partial charge in [-0.2, -0.15) is 0 Å². The van der Waals surface area contributed by atoms with Crippen LogP contribution < -0.4 is 5.32 Å². The van der Waals surface area contributed by atoms with E-state index in [4.69, 9.17) is 5.41 Å². The molecule has 1 heterocycles. The highest BCUT2D eigenvalue weighted by molar-refractivity contribution is 7.89. The summed E-state index contributed by atoms with van der Waals surface area (Å²) in [5, 5.41) is 11.2. The highest BCUT2D eigenvalue weighted by Crippen LogP contribution is 2.28. The first-order valence-corrected chi connectivity index (χ1v) is 11.6. The maximum absolute atomic E-state index is 13.0. The molecular weight excluding hydrogens is 376 g/mol. The van der Waals surface area contributed by atoms with Gasteiger partial charge in [0, 0.05) is 25.6 Å². The van der Waals surface area contributed by atoms with Crippen molar-refractivity contribution in [1.29, 1.82) is 5.41 Å². The lowest BCUT2D eigenvalue weighted by Crippen LogP contribution is -2.40. The van der Waals surface area contributed by atoms with Gasteiger partial charge in [-0.3, -0.25) is 10.2 Å². The Morgan fingerprint density at radius 2 is 1.86 bits per heavy atom. The largest absolute Gasteiger partial charge is 0.356 e. The standard InChI is InChI=1S/C20H30N4O3S/c1-2-5-19(25)22-13-12-16-8-10-18(11-9-16)28(26,27)24-15-14-23(20(24)21)17-6-3-4-7-17/h8-11,17,21H,2-7,12-15H2,1H3,(H,22,25). The van der Waals surface area contributed by atoms with Crippen molar-refractivity contribution in [1.82, 2.24) is 14.5 Å². The van der Waals surface area contributed by atoms with Gasteiger partial charge in [0.05, 0.1) is 11.4 Å². The third-order valence-electron chi connectivity index (χ3n) is 5.54. The van der Waals surface area contributed by atoms with E-state index >= 15 is 0 Å². The van der Waals surface area contributed by atoms with Gasteiger partial charge < -0.3 is 10.2 Å². The van der Waals surface area contributed by atoms with Crippen molar-refractivity contribution in [2.75, 3.05) is 19.6 Å². The maximum Gasteiger partial charge on any atom is 0.266 e. The van der Waals surface area contributed by atoms with Gasteiger partial charge in [-0.05, 0) is 43.4 Å². The number of sulfonamides is 1. The smallest absolute Gasteiger partial charge is 0.266 e. The van der Waals surface area contributed by atoms with E-state index in [1.807, 2.05) is 11.8 Å². The molecule has 0 atom stereocenters. The first-order valence-electron chi connectivity index (χ1n) is 10.2. The topological polar surface area (TPSA) is 93.6 Å². The zero-order valence-corrected chi connectivity index (χ0v) is 17.3. The third-order valence-corrected chi connectivity index (χ3v) is 7.35. The number of hydrogen-bond acceptors (Lipinski definition) is 4. The van der Waals surface area contributed by atoms with Gasteiger partial charge >= 0.3 is 0 Å². The van der Waals surface area contributed by atoms with E-state index in [9.17, 15) is 13.2 Å². The van der Waals surface area contributed by atoms with Crippen LogP contribution in [0.3, 0.4) is 0 Å². The van der Waals surface area contributed by atoms with Crippen LogP contribution in [0.25, 0.3) is 0 Å². The van der Waals surface area contributed by atoms with Crippen molar-refractivity contribution in [2.24, 2.45) is 0 Å². The molecule has 7 nitrogen and oxygen atoms in total. The number of benzene rings is 1. The summed E-state index contributed by atoms with van der Waals surface area (Å²) in [6.45, 7) is 3.44. The number of hydrogen-bond donors (Lipinski definition) is 2. The quantitative estimate of drug-likeness (QED) is 0.693. The van der Waals surface area contributed by atoms with Crippen molar-refractivity contribution in [3.63, 3.8) is 0 Å². The van der Waals surface area contributed by atoms with Gasteiger partial charge in [0.25, 0.3) is 10.0 Å². The Kier molecular flexibility index (Phi) is 6.59. The Balaban J connectivity index is 1.61. The second-order valence-electron chi connectivity index (χ2n) is 7.53. The van der Waals surface area contributed by atoms with Crippen molar-refractivity contribution < 1.29 is 13.2 Å². The normalized spacial score (nSPS) is 18.1. The number of amides is 1. The van der Waals surface area contributed by atoms with Crippen molar-refractivity contribution in [2.45, 2.75) is 62.8 Å². The summed E-state index contributed by atoms with van der Waals surface area (Å²) >= 11 is 0. The van der Waals surface area contributed by atoms with Gasteiger partial charge in [-0.25, -0.2) is 12.7 Å². The van der Waals surface area contributed by atoms with E-state index in [0.29, 0.717) is 38.5 Å². The van der Waals surface area contributed by atoms with E-state index in [1.54, 1.807) is 24.3 Å². The number of carbonyl (C=O) groups is 1. The predicted octanol–water partition coefficient (Wildman–Crippen LogP) is 2.33. The summed E-state index contributed by atoms with van der Waals surface area (Å²) in [6.07, 6.45) is 6.40. The molecule has 1 aromatic carbocycles. The second kappa shape index (κ2) is 8.94. The molecular formula is C20H30N4O3S. The van der Waals surface area contributed by atoms with Crippen LogP contribution in [0.5, 0.6) is 0 Å². The summed E-state index contributed by atoms with van der Waals surface area (Å²) in [5.74, 6) is 0.149. The molecule has 1 aromatic rings. The molecule has 1 amide bonds. The fourth-order valence-corrected chi connectivity index (χ4v) is 5.37. The number of nitrogens with one attached hydrogen (secondary N) is 2. The molecule has 1 aliphatic heterocycles. The van der Waals surface area contributed by atoms with Gasteiger partial charge in [-0.1, -0.05) is 31.9 Å². The number of rotatable bonds is 8. The summed E-state index contributed by atoms with van der Waals surface area (Å²) in [7, 11) is -3.71. The van der Waals surface area contributed by atoms with E-state index < -0.39 is 10.0 Å². The zero-order chi connectivity index (χ0) is 20.1. The van der Waals surface area contributed by atoms with Crippen LogP contribution in [0.4, 0.5) is 0 Å². The summed E-state index contributed by atoms with van der Waals surface area (Å²) in [5.41, 5.74) is 0.972. The molecule has 154 valence electrons. The van der Waals surface area contributed by atoms with Crippen molar-refractivity contribution >= 4 is 21.9 Å². The minimum Gasteiger partial charge on any atom is -0.356 e. The first-order chi connectivity index (χ1) is 13.4. The maximum atomic E-state index is 13.0. The van der Waals surface area contributed by atoms with E-state index in [0.717, 1.165) is 37.7 Å². The Morgan fingerprint density at radius 3 is 2.50 bits per heavy atom. The van der Waals surface area contributed by atoms with Crippen LogP contribution in [0.1, 0.15) is 51.0 Å². The summed E-state index contributed by atoms with van der Waals surface area (Å²) in [6, 6.07) is 7.08. The fourth-order valence-electron chi connectivity index (χ4n) is 3.98. The molecule has 1 saturated carbocycles. The average Bonchev–Trinajstić information content (AvgIpc) is 3.32. The average molecular weight is 407 g/mol. The van der Waals surface area contributed by atoms with Crippen LogP contribution in [-0.4, -0.2) is 55.2 Å². The molecule has 1 saturated heterocycles. The molecule has 0 unspecified atom stereocenters. The minimum atomic E-state index is -3.71. The summed E-state index contributed by atoms with van der Waals surface area (Å²) < 4.78 is 27.2. The zero-order valence-electron chi connectivity index (χ0n) is 16.5. The Labute approximate surface area is 167 Å². The highest BCUT2D eigenvalue weighted by Gasteiger charge is 2.38. The lowest BCUT2D eigenvalue weighted by atomic mass is 10.1. The molecule has 0 aromatic heterocycles. The van der Waals surface area contributed by atoms with Crippen molar-refractivity contribution in [3.8, 4) is 0 Å². The van der Waals surface area contributed by atoms with Crippen LogP contribution in [0.15, 0.2) is 29.2 Å². The van der Waals surface area contributed by atoms with Crippen LogP contribution in [0, 0.1) is 5.41 Å².